The first-order valence-corrected chi connectivity index (χ1v) is 9.83. The number of carbonyl (C=O) groups is 1. The van der Waals surface area contributed by atoms with Crippen molar-refractivity contribution in [2.24, 2.45) is 0 Å². The number of nitrogens with zero attached hydrogens (tertiary/aromatic N) is 1. The van der Waals surface area contributed by atoms with Crippen molar-refractivity contribution in [1.82, 2.24) is 4.98 Å². The number of alkyl halides is 3. The number of aromatic nitrogens is 1. The van der Waals surface area contributed by atoms with Crippen LogP contribution in [0.5, 0.6) is 0 Å². The first kappa shape index (κ1) is 19.0. The molecule has 3 aromatic rings. The van der Waals surface area contributed by atoms with E-state index in [1.54, 1.807) is 24.3 Å². The molecule has 0 aliphatic heterocycles. The van der Waals surface area contributed by atoms with Gasteiger partial charge in [0.25, 0.3) is 5.91 Å². The summed E-state index contributed by atoms with van der Waals surface area (Å²) in [4.78, 5) is 16.8. The van der Waals surface area contributed by atoms with Crippen LogP contribution in [0.25, 0.3) is 10.2 Å². The van der Waals surface area contributed by atoms with Crippen LogP contribution in [0, 0.1) is 0 Å². The highest BCUT2D eigenvalue weighted by molar-refractivity contribution is 7.21. The van der Waals surface area contributed by atoms with Crippen molar-refractivity contribution in [3.05, 3.63) is 51.0 Å². The van der Waals surface area contributed by atoms with Gasteiger partial charge in [-0.2, -0.15) is 13.2 Å². The van der Waals surface area contributed by atoms with E-state index in [1.165, 1.54) is 0 Å². The van der Waals surface area contributed by atoms with Gasteiger partial charge in [0.15, 0.2) is 0 Å². The van der Waals surface area contributed by atoms with E-state index in [1.807, 2.05) is 0 Å². The molecular formula is C19H15ClF3N3OS. The lowest BCUT2D eigenvalue weighted by atomic mass is 9.88. The minimum absolute atomic E-state index is 0.140. The molecule has 0 saturated carbocycles. The maximum absolute atomic E-state index is 13.5. The Kier molecular flexibility index (Phi) is 4.71. The van der Waals surface area contributed by atoms with Gasteiger partial charge in [-0.3, -0.25) is 4.79 Å². The Morgan fingerprint density at radius 1 is 1.21 bits per heavy atom. The summed E-state index contributed by atoms with van der Waals surface area (Å²) in [6, 6.07) is 6.58. The molecule has 1 aromatic carbocycles. The third kappa shape index (κ3) is 3.31. The van der Waals surface area contributed by atoms with Crippen molar-refractivity contribution in [2.45, 2.75) is 31.9 Å². The van der Waals surface area contributed by atoms with Crippen molar-refractivity contribution in [3.8, 4) is 0 Å². The number of hydrogen-bond donors (Lipinski definition) is 2. The minimum atomic E-state index is -4.54. The molecule has 2 aromatic heterocycles. The maximum Gasteiger partial charge on any atom is 0.433 e. The maximum atomic E-state index is 13.5. The Bertz CT molecular complexity index is 1090. The molecule has 0 bridgehead atoms. The molecule has 28 heavy (non-hydrogen) atoms. The Hall–Kier alpha value is -2.32. The highest BCUT2D eigenvalue weighted by atomic mass is 35.5. The predicted molar refractivity (Wildman–Crippen MR) is 105 cm³/mol. The Labute approximate surface area is 167 Å². The minimum Gasteiger partial charge on any atom is -0.397 e. The fourth-order valence-corrected chi connectivity index (χ4v) is 4.78. The molecule has 0 radical (unpaired) electrons. The van der Waals surface area contributed by atoms with Gasteiger partial charge in [-0.15, -0.1) is 11.3 Å². The Balaban J connectivity index is 1.83. The second kappa shape index (κ2) is 6.93. The number of rotatable bonds is 2. The van der Waals surface area contributed by atoms with Crippen LogP contribution < -0.4 is 11.1 Å². The van der Waals surface area contributed by atoms with Crippen LogP contribution in [0.4, 0.5) is 24.5 Å². The zero-order valence-electron chi connectivity index (χ0n) is 14.5. The summed E-state index contributed by atoms with van der Waals surface area (Å²) in [5.41, 5.74) is 6.77. The van der Waals surface area contributed by atoms with E-state index >= 15 is 0 Å². The fourth-order valence-electron chi connectivity index (χ4n) is 3.57. The van der Waals surface area contributed by atoms with Crippen LogP contribution in [0.15, 0.2) is 24.3 Å². The number of amides is 1. The summed E-state index contributed by atoms with van der Waals surface area (Å²) in [6.45, 7) is 0. The summed E-state index contributed by atoms with van der Waals surface area (Å²) in [6.07, 6.45) is -2.28. The summed E-state index contributed by atoms with van der Waals surface area (Å²) in [5.74, 6) is -0.499. The molecule has 2 heterocycles. The average Bonchev–Trinajstić information content (AvgIpc) is 2.97. The van der Waals surface area contributed by atoms with Crippen LogP contribution in [-0.2, 0) is 19.0 Å². The molecule has 4 rings (SSSR count). The van der Waals surface area contributed by atoms with Gasteiger partial charge < -0.3 is 11.1 Å². The van der Waals surface area contributed by atoms with Crippen LogP contribution in [0.3, 0.4) is 0 Å². The highest BCUT2D eigenvalue weighted by Crippen LogP contribution is 2.43. The standard InChI is InChI=1S/C19H15ClF3N3OS/c20-9-4-3-5-10(8-9)25-17(27)15-14(24)13-11-6-1-2-7-12(11)16(19(21,22)23)26-18(13)28-15/h3-5,8H,1-2,6-7,24H2,(H,25,27). The van der Waals surface area contributed by atoms with Gasteiger partial charge in [0.05, 0.1) is 5.69 Å². The molecule has 0 spiro atoms. The number of anilines is 2. The molecule has 1 aliphatic carbocycles. The molecule has 4 nitrogen and oxygen atoms in total. The fraction of sp³-hybridized carbons (Fsp3) is 0.263. The first-order chi connectivity index (χ1) is 13.3. The third-order valence-electron chi connectivity index (χ3n) is 4.75. The molecule has 0 atom stereocenters. The number of nitrogens with two attached hydrogens (primary N) is 1. The van der Waals surface area contributed by atoms with Crippen molar-refractivity contribution in [2.75, 3.05) is 11.1 Å². The molecule has 0 saturated heterocycles. The van der Waals surface area contributed by atoms with Crippen molar-refractivity contribution in [1.29, 1.82) is 0 Å². The number of fused-ring (bicyclic) bond motifs is 3. The van der Waals surface area contributed by atoms with Gasteiger partial charge in [-0.05, 0) is 55.0 Å². The third-order valence-corrected chi connectivity index (χ3v) is 6.09. The lowest BCUT2D eigenvalue weighted by molar-refractivity contribution is -0.141. The van der Waals surface area contributed by atoms with E-state index in [0.717, 1.165) is 17.8 Å². The van der Waals surface area contributed by atoms with Gasteiger partial charge in [0.1, 0.15) is 15.4 Å². The molecule has 0 unspecified atom stereocenters. The summed E-state index contributed by atoms with van der Waals surface area (Å²) < 4.78 is 40.5. The van der Waals surface area contributed by atoms with Gasteiger partial charge >= 0.3 is 6.18 Å². The molecule has 1 aliphatic rings. The number of thiophene rings is 1. The molecule has 9 heteroatoms. The monoisotopic (exact) mass is 425 g/mol. The quantitative estimate of drug-likeness (QED) is 0.554. The summed E-state index contributed by atoms with van der Waals surface area (Å²) >= 11 is 6.80. The van der Waals surface area contributed by atoms with Crippen molar-refractivity contribution >= 4 is 50.4 Å². The molecule has 0 fully saturated rings. The molecule has 146 valence electrons. The van der Waals surface area contributed by atoms with Crippen molar-refractivity contribution in [3.63, 3.8) is 0 Å². The smallest absolute Gasteiger partial charge is 0.397 e. The first-order valence-electron chi connectivity index (χ1n) is 8.63. The molecule has 1 amide bonds. The number of nitrogens with one attached hydrogen (secondary N) is 1. The normalized spacial score (nSPS) is 14.1. The van der Waals surface area contributed by atoms with E-state index in [9.17, 15) is 18.0 Å². The van der Waals surface area contributed by atoms with Gasteiger partial charge in [-0.25, -0.2) is 4.98 Å². The van der Waals surface area contributed by atoms with Crippen molar-refractivity contribution < 1.29 is 18.0 Å². The number of nitrogen functional groups attached to an aromatic ring is 1. The van der Waals surface area contributed by atoms with E-state index in [2.05, 4.69) is 10.3 Å². The summed E-state index contributed by atoms with van der Waals surface area (Å²) in [5, 5.41) is 3.61. The number of hydrogen-bond acceptors (Lipinski definition) is 4. The van der Waals surface area contributed by atoms with E-state index in [4.69, 9.17) is 17.3 Å². The lowest BCUT2D eigenvalue weighted by Crippen LogP contribution is -2.17. The topological polar surface area (TPSA) is 68.0 Å². The number of aryl methyl sites for hydroxylation is 1. The van der Waals surface area contributed by atoms with Gasteiger partial charge in [-0.1, -0.05) is 17.7 Å². The lowest BCUT2D eigenvalue weighted by Gasteiger charge is -2.21. The Morgan fingerprint density at radius 2 is 1.93 bits per heavy atom. The number of benzene rings is 1. The summed E-state index contributed by atoms with van der Waals surface area (Å²) in [7, 11) is 0. The van der Waals surface area contributed by atoms with Gasteiger partial charge in [0, 0.05) is 16.1 Å². The predicted octanol–water partition coefficient (Wildman–Crippen LogP) is 5.68. The largest absolute Gasteiger partial charge is 0.433 e. The Morgan fingerprint density at radius 3 is 2.61 bits per heavy atom. The number of pyridine rings is 1. The van der Waals surface area contributed by atoms with E-state index in [0.29, 0.717) is 40.9 Å². The zero-order chi connectivity index (χ0) is 20.1. The number of halogens is 4. The number of carbonyl (C=O) groups excluding carboxylic acids is 1. The van der Waals surface area contributed by atoms with Crippen LogP contribution in [0.1, 0.15) is 39.3 Å². The highest BCUT2D eigenvalue weighted by Gasteiger charge is 2.38. The van der Waals surface area contributed by atoms with E-state index < -0.39 is 17.8 Å². The second-order valence-electron chi connectivity index (χ2n) is 6.61. The van der Waals surface area contributed by atoms with Crippen LogP contribution in [0.2, 0.25) is 5.02 Å². The average molecular weight is 426 g/mol. The molecule has 3 N–H and O–H groups in total. The van der Waals surface area contributed by atoms with Crippen LogP contribution >= 0.6 is 22.9 Å². The molecular weight excluding hydrogens is 411 g/mol. The SMILES string of the molecule is Nc1c(C(=O)Nc2cccc(Cl)c2)sc2nc(C(F)(F)F)c3c(c12)CCCC3. The zero-order valence-corrected chi connectivity index (χ0v) is 16.1. The van der Waals surface area contributed by atoms with Crippen LogP contribution in [-0.4, -0.2) is 10.9 Å². The second-order valence-corrected chi connectivity index (χ2v) is 8.05. The van der Waals surface area contributed by atoms with Gasteiger partial charge in [0.2, 0.25) is 0 Å². The van der Waals surface area contributed by atoms with E-state index in [-0.39, 0.29) is 21.0 Å².